The lowest BCUT2D eigenvalue weighted by Crippen LogP contribution is -2.31. The Morgan fingerprint density at radius 3 is 2.54 bits per heavy atom. The molecule has 0 bridgehead atoms. The summed E-state index contributed by atoms with van der Waals surface area (Å²) in [4.78, 5) is 25.9. The molecular formula is C19H19FN2O2. The van der Waals surface area contributed by atoms with Gasteiger partial charge in [0.1, 0.15) is 5.82 Å². The van der Waals surface area contributed by atoms with Gasteiger partial charge in [-0.3, -0.25) is 9.59 Å². The van der Waals surface area contributed by atoms with E-state index < -0.39 is 0 Å². The number of hydrogen-bond donors (Lipinski definition) is 1. The quantitative estimate of drug-likeness (QED) is 0.918. The monoisotopic (exact) mass is 326 g/mol. The molecule has 1 aliphatic heterocycles. The van der Waals surface area contributed by atoms with Gasteiger partial charge in [-0.2, -0.15) is 0 Å². The van der Waals surface area contributed by atoms with Gasteiger partial charge in [-0.15, -0.1) is 0 Å². The fraction of sp³-hybridized carbons (Fsp3) is 0.263. The summed E-state index contributed by atoms with van der Waals surface area (Å²) >= 11 is 0. The molecule has 1 aliphatic rings. The molecule has 5 heteroatoms. The van der Waals surface area contributed by atoms with Gasteiger partial charge < -0.3 is 10.2 Å². The Morgan fingerprint density at radius 2 is 1.83 bits per heavy atom. The number of hydrogen-bond acceptors (Lipinski definition) is 2. The van der Waals surface area contributed by atoms with Gasteiger partial charge >= 0.3 is 0 Å². The van der Waals surface area contributed by atoms with E-state index in [1.807, 2.05) is 18.2 Å². The Kier molecular flexibility index (Phi) is 4.89. The molecule has 0 aliphatic carbocycles. The molecule has 0 spiro atoms. The van der Waals surface area contributed by atoms with Crippen molar-refractivity contribution in [2.24, 2.45) is 5.92 Å². The Labute approximate surface area is 140 Å². The van der Waals surface area contributed by atoms with Gasteiger partial charge in [0.25, 0.3) is 5.91 Å². The normalized spacial score (nSPS) is 17.1. The Bertz CT molecular complexity index is 716. The number of carbonyl (C=O) groups excluding carboxylic acids is 2. The summed E-state index contributed by atoms with van der Waals surface area (Å²) < 4.78 is 12.9. The number of carbonyl (C=O) groups is 2. The molecule has 1 atom stereocenters. The first-order valence-electron chi connectivity index (χ1n) is 7.97. The second-order valence-electron chi connectivity index (χ2n) is 6.05. The molecule has 124 valence electrons. The number of amides is 2. The van der Waals surface area contributed by atoms with Crippen LogP contribution in [0.3, 0.4) is 0 Å². The van der Waals surface area contributed by atoms with E-state index in [0.29, 0.717) is 31.6 Å². The summed E-state index contributed by atoms with van der Waals surface area (Å²) in [6.07, 6.45) is 0.427. The summed E-state index contributed by atoms with van der Waals surface area (Å²) in [5, 5.41) is 2.89. The number of nitrogens with one attached hydrogen (secondary N) is 1. The maximum absolute atomic E-state index is 12.9. The minimum absolute atomic E-state index is 0.0679. The van der Waals surface area contributed by atoms with Gasteiger partial charge in [0, 0.05) is 37.5 Å². The topological polar surface area (TPSA) is 49.4 Å². The van der Waals surface area contributed by atoms with Gasteiger partial charge in [-0.05, 0) is 29.8 Å². The van der Waals surface area contributed by atoms with Crippen molar-refractivity contribution in [3.05, 3.63) is 71.5 Å². The van der Waals surface area contributed by atoms with Crippen molar-refractivity contribution in [3.63, 3.8) is 0 Å². The third-order valence-corrected chi connectivity index (χ3v) is 4.17. The van der Waals surface area contributed by atoms with Crippen LogP contribution in [0.5, 0.6) is 0 Å². The average molecular weight is 326 g/mol. The molecule has 2 aromatic carbocycles. The van der Waals surface area contributed by atoms with Gasteiger partial charge in [0.2, 0.25) is 5.91 Å². The summed E-state index contributed by atoms with van der Waals surface area (Å²) in [6, 6.07) is 15.2. The summed E-state index contributed by atoms with van der Waals surface area (Å²) in [7, 11) is 0. The molecule has 2 amide bonds. The van der Waals surface area contributed by atoms with Crippen molar-refractivity contribution in [2.75, 3.05) is 13.1 Å². The zero-order valence-electron chi connectivity index (χ0n) is 13.2. The van der Waals surface area contributed by atoms with Crippen LogP contribution >= 0.6 is 0 Å². The molecule has 1 unspecified atom stereocenters. The van der Waals surface area contributed by atoms with E-state index in [-0.39, 0.29) is 23.5 Å². The number of benzene rings is 2. The molecule has 1 fully saturated rings. The highest BCUT2D eigenvalue weighted by atomic mass is 19.1. The molecule has 1 N–H and O–H groups in total. The van der Waals surface area contributed by atoms with E-state index in [0.717, 1.165) is 5.56 Å². The molecule has 3 rings (SSSR count). The zero-order chi connectivity index (χ0) is 16.9. The number of nitrogens with zero attached hydrogens (tertiary/aromatic N) is 1. The molecule has 0 aromatic heterocycles. The summed E-state index contributed by atoms with van der Waals surface area (Å²) in [6.45, 7) is 1.55. The van der Waals surface area contributed by atoms with Crippen molar-refractivity contribution in [1.82, 2.24) is 10.2 Å². The van der Waals surface area contributed by atoms with Crippen LogP contribution in [0.2, 0.25) is 0 Å². The predicted molar refractivity (Wildman–Crippen MR) is 88.7 cm³/mol. The van der Waals surface area contributed by atoms with Crippen molar-refractivity contribution in [2.45, 2.75) is 13.0 Å². The first-order chi connectivity index (χ1) is 11.6. The molecule has 4 nitrogen and oxygen atoms in total. The van der Waals surface area contributed by atoms with Crippen LogP contribution < -0.4 is 5.32 Å². The maximum Gasteiger partial charge on any atom is 0.251 e. The number of halogens is 1. The molecule has 1 heterocycles. The van der Waals surface area contributed by atoms with Crippen LogP contribution in [-0.2, 0) is 11.3 Å². The lowest BCUT2D eigenvalue weighted by Gasteiger charge is -2.17. The molecule has 2 aromatic rings. The van der Waals surface area contributed by atoms with Crippen LogP contribution in [0.25, 0.3) is 0 Å². The summed E-state index contributed by atoms with van der Waals surface area (Å²) in [5.41, 5.74) is 1.52. The summed E-state index contributed by atoms with van der Waals surface area (Å²) in [5.74, 6) is -0.239. The van der Waals surface area contributed by atoms with Crippen LogP contribution in [0.4, 0.5) is 4.39 Å². The van der Waals surface area contributed by atoms with Crippen molar-refractivity contribution < 1.29 is 14.0 Å². The molecule has 0 radical (unpaired) electrons. The molecule has 0 saturated carbocycles. The predicted octanol–water partition coefficient (Wildman–Crippen LogP) is 2.60. The average Bonchev–Trinajstić information content (AvgIpc) is 2.95. The Balaban J connectivity index is 1.51. The zero-order valence-corrected chi connectivity index (χ0v) is 13.2. The third kappa shape index (κ3) is 3.98. The lowest BCUT2D eigenvalue weighted by molar-refractivity contribution is -0.128. The first-order valence-corrected chi connectivity index (χ1v) is 7.97. The van der Waals surface area contributed by atoms with Gasteiger partial charge in [0.15, 0.2) is 0 Å². The fourth-order valence-electron chi connectivity index (χ4n) is 2.88. The van der Waals surface area contributed by atoms with Crippen LogP contribution in [0.1, 0.15) is 22.3 Å². The van der Waals surface area contributed by atoms with Crippen LogP contribution in [-0.4, -0.2) is 29.8 Å². The molecule has 1 saturated heterocycles. The second-order valence-corrected chi connectivity index (χ2v) is 6.05. The van der Waals surface area contributed by atoms with Crippen molar-refractivity contribution >= 4 is 11.8 Å². The first kappa shape index (κ1) is 16.2. The van der Waals surface area contributed by atoms with Gasteiger partial charge in [-0.1, -0.05) is 30.3 Å². The van der Waals surface area contributed by atoms with E-state index in [1.54, 1.807) is 29.2 Å². The highest BCUT2D eigenvalue weighted by Crippen LogP contribution is 2.20. The Morgan fingerprint density at radius 1 is 1.12 bits per heavy atom. The minimum atomic E-state index is -0.284. The number of likely N-dealkylation sites (tertiary alicyclic amines) is 1. The molecular weight excluding hydrogens is 307 g/mol. The largest absolute Gasteiger partial charge is 0.352 e. The molecule has 24 heavy (non-hydrogen) atoms. The highest BCUT2D eigenvalue weighted by molar-refractivity contribution is 5.94. The minimum Gasteiger partial charge on any atom is -0.352 e. The lowest BCUT2D eigenvalue weighted by atomic mass is 10.1. The van der Waals surface area contributed by atoms with E-state index in [4.69, 9.17) is 0 Å². The number of rotatable bonds is 5. The Hall–Kier alpha value is -2.69. The van der Waals surface area contributed by atoms with E-state index in [1.165, 1.54) is 12.1 Å². The van der Waals surface area contributed by atoms with Crippen molar-refractivity contribution in [3.8, 4) is 0 Å². The van der Waals surface area contributed by atoms with E-state index in [2.05, 4.69) is 5.32 Å². The van der Waals surface area contributed by atoms with E-state index in [9.17, 15) is 14.0 Å². The fourth-order valence-corrected chi connectivity index (χ4v) is 2.88. The standard InChI is InChI=1S/C19H19FN2O2/c20-17-8-6-14(7-9-17)12-22-13-15(10-18(22)23)11-21-19(24)16-4-2-1-3-5-16/h1-9,15H,10-13H2,(H,21,24). The van der Waals surface area contributed by atoms with Crippen LogP contribution in [0, 0.1) is 11.7 Å². The second kappa shape index (κ2) is 7.25. The van der Waals surface area contributed by atoms with Gasteiger partial charge in [0.05, 0.1) is 0 Å². The maximum atomic E-state index is 12.9. The van der Waals surface area contributed by atoms with E-state index >= 15 is 0 Å². The third-order valence-electron chi connectivity index (χ3n) is 4.17. The highest BCUT2D eigenvalue weighted by Gasteiger charge is 2.29. The van der Waals surface area contributed by atoms with Crippen molar-refractivity contribution in [1.29, 1.82) is 0 Å². The van der Waals surface area contributed by atoms with Crippen LogP contribution in [0.15, 0.2) is 54.6 Å². The smallest absolute Gasteiger partial charge is 0.251 e. The SMILES string of the molecule is O=C(NCC1CC(=O)N(Cc2ccc(F)cc2)C1)c1ccccc1. The van der Waals surface area contributed by atoms with Gasteiger partial charge in [-0.25, -0.2) is 4.39 Å².